The molecule has 1 aromatic heterocycles. The summed E-state index contributed by atoms with van der Waals surface area (Å²) in [5, 5.41) is 3.30. The number of anilines is 2. The maximum absolute atomic E-state index is 13.4. The molecule has 186 valence electrons. The second-order valence-corrected chi connectivity index (χ2v) is 8.74. The van der Waals surface area contributed by atoms with E-state index in [-0.39, 0.29) is 29.7 Å². The Morgan fingerprint density at radius 3 is 2.28 bits per heavy atom. The highest BCUT2D eigenvalue weighted by molar-refractivity contribution is 6.42. The van der Waals surface area contributed by atoms with Gasteiger partial charge in [-0.1, -0.05) is 65.7 Å². The maximum atomic E-state index is 13.4. The van der Waals surface area contributed by atoms with Crippen molar-refractivity contribution in [3.63, 3.8) is 0 Å². The number of aromatic nitrogens is 3. The van der Waals surface area contributed by atoms with Gasteiger partial charge in [0.2, 0.25) is 5.95 Å². The van der Waals surface area contributed by atoms with Gasteiger partial charge in [-0.15, -0.1) is 0 Å². The molecule has 11 heteroatoms. The topological polar surface area (TPSA) is 68.9 Å². The first-order valence-electron chi connectivity index (χ1n) is 10.8. The molecular weight excluding hydrogens is 516 g/mol. The smallest absolute Gasteiger partial charge is 0.325 e. The summed E-state index contributed by atoms with van der Waals surface area (Å²) in [6.07, 6.45) is -4.13. The van der Waals surface area contributed by atoms with Crippen LogP contribution in [0.1, 0.15) is 16.7 Å². The zero-order valence-electron chi connectivity index (χ0n) is 18.6. The fourth-order valence-corrected chi connectivity index (χ4v) is 3.89. The summed E-state index contributed by atoms with van der Waals surface area (Å²) in [7, 11) is 0. The fourth-order valence-electron chi connectivity index (χ4n) is 3.57. The zero-order valence-corrected chi connectivity index (χ0v) is 20.1. The Morgan fingerprint density at radius 1 is 0.833 bits per heavy atom. The lowest BCUT2D eigenvalue weighted by Crippen LogP contribution is -2.43. The molecule has 0 aliphatic carbocycles. The summed E-state index contributed by atoms with van der Waals surface area (Å²) in [5.41, 5.74) is -0.899. The van der Waals surface area contributed by atoms with E-state index in [0.29, 0.717) is 17.0 Å². The number of halogens is 5. The summed E-state index contributed by atoms with van der Waals surface area (Å²) in [4.78, 5) is 30.2. The van der Waals surface area contributed by atoms with E-state index in [9.17, 15) is 22.8 Å². The molecule has 0 spiro atoms. The number of hydrogen-bond acceptors (Lipinski definition) is 4. The van der Waals surface area contributed by atoms with Crippen molar-refractivity contribution in [2.24, 2.45) is 0 Å². The van der Waals surface area contributed by atoms with Crippen LogP contribution in [0.4, 0.5) is 24.8 Å². The van der Waals surface area contributed by atoms with Crippen LogP contribution in [-0.4, -0.2) is 14.1 Å². The van der Waals surface area contributed by atoms with Crippen molar-refractivity contribution in [2.75, 3.05) is 5.32 Å². The quantitative estimate of drug-likeness (QED) is 0.327. The standard InChI is InChI=1S/C25H19Cl2F3N4O2/c26-20-10-9-17(13-21(20)27)15-34-23(35)32-22(31-19-8-4-7-18(14-19)25(28,29)30)33(24(34)36)12-11-16-5-2-1-3-6-16/h1-10,13-14H,11-12,15H2,(H,31,32,35). The highest BCUT2D eigenvalue weighted by atomic mass is 35.5. The van der Waals surface area contributed by atoms with Gasteiger partial charge in [-0.25, -0.2) is 14.2 Å². The molecular formula is C25H19Cl2F3N4O2. The first-order valence-corrected chi connectivity index (χ1v) is 11.5. The number of nitrogens with one attached hydrogen (secondary N) is 1. The van der Waals surface area contributed by atoms with Crippen LogP contribution in [-0.2, 0) is 25.7 Å². The van der Waals surface area contributed by atoms with Gasteiger partial charge in [-0.05, 0) is 47.9 Å². The van der Waals surface area contributed by atoms with Crippen molar-refractivity contribution < 1.29 is 13.2 Å². The first kappa shape index (κ1) is 25.5. The predicted molar refractivity (Wildman–Crippen MR) is 133 cm³/mol. The number of hydrogen-bond donors (Lipinski definition) is 1. The van der Waals surface area contributed by atoms with Gasteiger partial charge >= 0.3 is 17.6 Å². The molecule has 0 aliphatic heterocycles. The van der Waals surface area contributed by atoms with Gasteiger partial charge in [-0.2, -0.15) is 18.2 Å². The maximum Gasteiger partial charge on any atom is 0.416 e. The average Bonchev–Trinajstić information content (AvgIpc) is 2.84. The van der Waals surface area contributed by atoms with E-state index in [0.717, 1.165) is 22.3 Å². The Balaban J connectivity index is 1.75. The Bertz CT molecular complexity index is 1500. The van der Waals surface area contributed by atoms with Crippen LogP contribution >= 0.6 is 23.2 Å². The van der Waals surface area contributed by atoms with Gasteiger partial charge in [0.15, 0.2) is 0 Å². The molecule has 0 amide bonds. The highest BCUT2D eigenvalue weighted by Gasteiger charge is 2.30. The van der Waals surface area contributed by atoms with E-state index < -0.39 is 23.1 Å². The minimum Gasteiger partial charge on any atom is -0.325 e. The summed E-state index contributed by atoms with van der Waals surface area (Å²) in [6, 6.07) is 18.5. The average molecular weight is 535 g/mol. The Hall–Kier alpha value is -3.56. The lowest BCUT2D eigenvalue weighted by Gasteiger charge is -2.16. The van der Waals surface area contributed by atoms with Crippen molar-refractivity contribution in [1.29, 1.82) is 0 Å². The van der Waals surface area contributed by atoms with Crippen LogP contribution in [0, 0.1) is 0 Å². The minimum absolute atomic E-state index is 0.0341. The number of benzene rings is 3. The Kier molecular flexibility index (Phi) is 7.51. The van der Waals surface area contributed by atoms with Crippen LogP contribution in [0.2, 0.25) is 10.0 Å². The fraction of sp³-hybridized carbons (Fsp3) is 0.160. The van der Waals surface area contributed by atoms with E-state index in [1.54, 1.807) is 18.2 Å². The number of alkyl halides is 3. The van der Waals surface area contributed by atoms with Crippen LogP contribution in [0.15, 0.2) is 82.4 Å². The van der Waals surface area contributed by atoms with Gasteiger partial charge in [-0.3, -0.25) is 4.57 Å². The van der Waals surface area contributed by atoms with Gasteiger partial charge < -0.3 is 5.32 Å². The third-order valence-electron chi connectivity index (χ3n) is 5.39. The van der Waals surface area contributed by atoms with Crippen LogP contribution < -0.4 is 16.7 Å². The molecule has 1 N–H and O–H groups in total. The summed E-state index contributed by atoms with van der Waals surface area (Å²) in [5.74, 6) is -0.161. The molecule has 0 bridgehead atoms. The van der Waals surface area contributed by atoms with Gasteiger partial charge in [0.25, 0.3) is 0 Å². The van der Waals surface area contributed by atoms with E-state index in [1.165, 1.54) is 16.7 Å². The van der Waals surface area contributed by atoms with Crippen molar-refractivity contribution in [1.82, 2.24) is 14.1 Å². The van der Waals surface area contributed by atoms with Gasteiger partial charge in [0.1, 0.15) is 0 Å². The molecule has 4 aromatic rings. The predicted octanol–water partition coefficient (Wildman–Crippen LogP) is 5.77. The van der Waals surface area contributed by atoms with Crippen molar-refractivity contribution in [3.05, 3.63) is 121 Å². The van der Waals surface area contributed by atoms with Gasteiger partial charge in [0, 0.05) is 12.2 Å². The number of aryl methyl sites for hydroxylation is 1. The molecule has 6 nitrogen and oxygen atoms in total. The third kappa shape index (κ3) is 5.98. The van der Waals surface area contributed by atoms with Crippen molar-refractivity contribution in [3.8, 4) is 0 Å². The molecule has 0 unspecified atom stereocenters. The summed E-state index contributed by atoms with van der Waals surface area (Å²) < 4.78 is 41.7. The molecule has 0 aliphatic rings. The van der Waals surface area contributed by atoms with Gasteiger partial charge in [0.05, 0.1) is 22.2 Å². The number of rotatable bonds is 7. The zero-order chi connectivity index (χ0) is 25.9. The Labute approximate surface area is 213 Å². The van der Waals surface area contributed by atoms with Crippen LogP contribution in [0.3, 0.4) is 0 Å². The molecule has 0 saturated heterocycles. The third-order valence-corrected chi connectivity index (χ3v) is 6.13. The van der Waals surface area contributed by atoms with E-state index in [4.69, 9.17) is 23.2 Å². The highest BCUT2D eigenvalue weighted by Crippen LogP contribution is 2.31. The summed E-state index contributed by atoms with van der Waals surface area (Å²) >= 11 is 12.0. The first-order chi connectivity index (χ1) is 17.1. The van der Waals surface area contributed by atoms with Crippen LogP contribution in [0.5, 0.6) is 0 Å². The lowest BCUT2D eigenvalue weighted by molar-refractivity contribution is -0.137. The monoisotopic (exact) mass is 534 g/mol. The molecule has 0 atom stereocenters. The molecule has 3 aromatic carbocycles. The molecule has 0 radical (unpaired) electrons. The SMILES string of the molecule is O=c1nc(Nc2cccc(C(F)(F)F)c2)n(CCc2ccccc2)c(=O)n1Cc1ccc(Cl)c(Cl)c1. The number of nitrogens with zero attached hydrogens (tertiary/aromatic N) is 3. The minimum atomic E-state index is -4.55. The molecule has 0 saturated carbocycles. The summed E-state index contributed by atoms with van der Waals surface area (Å²) in [6.45, 7) is 0.00945. The second kappa shape index (κ2) is 10.6. The lowest BCUT2D eigenvalue weighted by atomic mass is 10.1. The van der Waals surface area contributed by atoms with Crippen molar-refractivity contribution >= 4 is 34.8 Å². The molecule has 4 rings (SSSR count). The van der Waals surface area contributed by atoms with E-state index in [2.05, 4.69) is 10.3 Å². The van der Waals surface area contributed by atoms with E-state index in [1.807, 2.05) is 30.3 Å². The van der Waals surface area contributed by atoms with Crippen molar-refractivity contribution in [2.45, 2.75) is 25.7 Å². The molecule has 1 heterocycles. The normalized spacial score (nSPS) is 11.5. The molecule has 0 fully saturated rings. The Morgan fingerprint density at radius 2 is 1.58 bits per heavy atom. The second-order valence-electron chi connectivity index (χ2n) is 7.93. The largest absolute Gasteiger partial charge is 0.416 e. The van der Waals surface area contributed by atoms with E-state index >= 15 is 0 Å². The van der Waals surface area contributed by atoms with Crippen LogP contribution in [0.25, 0.3) is 0 Å². The molecule has 36 heavy (non-hydrogen) atoms.